The van der Waals surface area contributed by atoms with Crippen LogP contribution in [-0.4, -0.2) is 72.3 Å². The number of carbonyl (C=O) groups excluding carboxylic acids is 1. The molecule has 4 rings (SSSR count). The number of nitrogens with one attached hydrogen (secondary N) is 1. The summed E-state index contributed by atoms with van der Waals surface area (Å²) in [5, 5.41) is 3.37. The van der Waals surface area contributed by atoms with Crippen molar-refractivity contribution in [1.82, 2.24) is 19.6 Å². The molecule has 1 aromatic carbocycles. The van der Waals surface area contributed by atoms with Gasteiger partial charge in [-0.3, -0.25) is 4.79 Å². The van der Waals surface area contributed by atoms with E-state index in [4.69, 9.17) is 14.5 Å². The van der Waals surface area contributed by atoms with Crippen LogP contribution in [0.4, 0.5) is 0 Å². The molecule has 34 heavy (non-hydrogen) atoms. The minimum Gasteiger partial charge on any atom is -0.383 e. The first-order chi connectivity index (χ1) is 16.0. The summed E-state index contributed by atoms with van der Waals surface area (Å²) >= 11 is 0. The lowest BCUT2D eigenvalue weighted by Gasteiger charge is -2.36. The van der Waals surface area contributed by atoms with Crippen molar-refractivity contribution in [3.63, 3.8) is 0 Å². The van der Waals surface area contributed by atoms with Crippen LogP contribution in [0.3, 0.4) is 0 Å². The van der Waals surface area contributed by atoms with Gasteiger partial charge in [0.05, 0.1) is 43.2 Å². The molecule has 2 aromatic heterocycles. The zero-order chi connectivity index (χ0) is 23.4. The molecule has 3 aromatic rings. The van der Waals surface area contributed by atoms with Gasteiger partial charge in [-0.05, 0) is 38.5 Å². The van der Waals surface area contributed by atoms with E-state index in [0.29, 0.717) is 19.8 Å². The number of morpholine rings is 1. The van der Waals surface area contributed by atoms with E-state index in [2.05, 4.69) is 62.5 Å². The molecule has 184 valence electrons. The van der Waals surface area contributed by atoms with Crippen LogP contribution in [0.2, 0.25) is 0 Å². The zero-order valence-corrected chi connectivity index (χ0v) is 21.2. The Morgan fingerprint density at radius 1 is 1.26 bits per heavy atom. The highest BCUT2D eigenvalue weighted by atomic mass is 35.5. The van der Waals surface area contributed by atoms with Gasteiger partial charge in [0.2, 0.25) is 5.91 Å². The molecule has 3 heterocycles. The van der Waals surface area contributed by atoms with E-state index in [9.17, 15) is 4.79 Å². The molecular weight excluding hydrogens is 452 g/mol. The van der Waals surface area contributed by atoms with E-state index >= 15 is 0 Å². The first-order valence-electron chi connectivity index (χ1n) is 11.6. The Morgan fingerprint density at radius 3 is 2.71 bits per heavy atom. The van der Waals surface area contributed by atoms with Crippen molar-refractivity contribution in [2.75, 3.05) is 40.0 Å². The molecule has 2 unspecified atom stereocenters. The van der Waals surface area contributed by atoms with Crippen LogP contribution in [0.25, 0.3) is 16.9 Å². The monoisotopic (exact) mass is 486 g/mol. The third kappa shape index (κ3) is 5.78. The van der Waals surface area contributed by atoms with Gasteiger partial charge < -0.3 is 24.1 Å². The number of halogens is 1. The molecule has 1 aliphatic rings. The number of hydrogen-bond donors (Lipinski definition) is 1. The fourth-order valence-corrected chi connectivity index (χ4v) is 4.39. The summed E-state index contributed by atoms with van der Waals surface area (Å²) in [4.78, 5) is 20.5. The number of rotatable bonds is 8. The number of methoxy groups -OCH3 is 1. The minimum absolute atomic E-state index is 0. The summed E-state index contributed by atoms with van der Waals surface area (Å²) in [7, 11) is 1.66. The fraction of sp³-hybridized carbons (Fsp3) is 0.462. The first kappa shape index (κ1) is 26.2. The highest BCUT2D eigenvalue weighted by Gasteiger charge is 2.30. The highest BCUT2D eigenvalue weighted by molar-refractivity contribution is 5.85. The van der Waals surface area contributed by atoms with Gasteiger partial charge in [0.15, 0.2) is 0 Å². The lowest BCUT2D eigenvalue weighted by atomic mass is 10.1. The van der Waals surface area contributed by atoms with Gasteiger partial charge in [-0.25, -0.2) is 4.98 Å². The lowest BCUT2D eigenvalue weighted by Crippen LogP contribution is -2.53. The van der Waals surface area contributed by atoms with E-state index in [1.54, 1.807) is 7.11 Å². The van der Waals surface area contributed by atoms with Gasteiger partial charge in [0.25, 0.3) is 0 Å². The van der Waals surface area contributed by atoms with Crippen molar-refractivity contribution < 1.29 is 14.3 Å². The van der Waals surface area contributed by atoms with Crippen molar-refractivity contribution >= 4 is 24.0 Å². The molecule has 7 nitrogen and oxygen atoms in total. The van der Waals surface area contributed by atoms with E-state index in [1.807, 2.05) is 15.5 Å². The van der Waals surface area contributed by atoms with Crippen LogP contribution < -0.4 is 5.32 Å². The maximum absolute atomic E-state index is 13.7. The van der Waals surface area contributed by atoms with Crippen molar-refractivity contribution in [2.24, 2.45) is 0 Å². The Bertz CT molecular complexity index is 1090. The third-order valence-corrected chi connectivity index (χ3v) is 6.37. The topological polar surface area (TPSA) is 68.1 Å². The second kappa shape index (κ2) is 11.8. The Balaban J connectivity index is 0.00000324. The summed E-state index contributed by atoms with van der Waals surface area (Å²) in [6, 6.07) is 12.3. The van der Waals surface area contributed by atoms with Gasteiger partial charge in [-0.2, -0.15) is 0 Å². The van der Waals surface area contributed by atoms with Crippen LogP contribution in [0.1, 0.15) is 23.7 Å². The Labute approximate surface area is 207 Å². The van der Waals surface area contributed by atoms with E-state index in [0.717, 1.165) is 41.3 Å². The van der Waals surface area contributed by atoms with Crippen LogP contribution in [0.15, 0.2) is 42.6 Å². The molecule has 0 radical (unpaired) electrons. The Hall–Kier alpha value is -2.45. The maximum atomic E-state index is 13.7. The van der Waals surface area contributed by atoms with Crippen molar-refractivity contribution in [3.05, 3.63) is 59.4 Å². The van der Waals surface area contributed by atoms with Gasteiger partial charge in [-0.15, -0.1) is 12.4 Å². The minimum atomic E-state index is -0.0651. The maximum Gasteiger partial charge on any atom is 0.229 e. The molecule has 1 N–H and O–H groups in total. The van der Waals surface area contributed by atoms with Gasteiger partial charge >= 0.3 is 0 Å². The predicted molar refractivity (Wildman–Crippen MR) is 137 cm³/mol. The number of fused-ring (bicyclic) bond motifs is 1. The molecule has 0 aliphatic carbocycles. The van der Waals surface area contributed by atoms with E-state index < -0.39 is 0 Å². The van der Waals surface area contributed by atoms with Crippen LogP contribution in [0.5, 0.6) is 0 Å². The number of pyridine rings is 1. The van der Waals surface area contributed by atoms with Crippen LogP contribution >= 0.6 is 12.4 Å². The second-order valence-corrected chi connectivity index (χ2v) is 8.82. The fourth-order valence-electron chi connectivity index (χ4n) is 4.39. The first-order valence-corrected chi connectivity index (χ1v) is 11.6. The molecule has 8 heteroatoms. The molecule has 2 atom stereocenters. The van der Waals surface area contributed by atoms with Gasteiger partial charge in [0.1, 0.15) is 5.65 Å². The van der Waals surface area contributed by atoms with Crippen molar-refractivity contribution in [1.29, 1.82) is 0 Å². The smallest absolute Gasteiger partial charge is 0.229 e. The number of benzene rings is 1. The van der Waals surface area contributed by atoms with Crippen LogP contribution in [0, 0.1) is 13.8 Å². The largest absolute Gasteiger partial charge is 0.383 e. The highest BCUT2D eigenvalue weighted by Crippen LogP contribution is 2.27. The lowest BCUT2D eigenvalue weighted by molar-refractivity contribution is -0.137. The molecule has 1 fully saturated rings. The number of aryl methyl sites for hydroxylation is 2. The zero-order valence-electron chi connectivity index (χ0n) is 20.4. The SMILES string of the molecule is COCCN(C(=O)Cc1c(-c2ccc(C)cc2)nc2cc(C)ccn12)C(C)C1CNCCO1.Cl. The molecule has 1 aliphatic heterocycles. The predicted octanol–water partition coefficient (Wildman–Crippen LogP) is 3.43. The Kier molecular flexibility index (Phi) is 9.08. The second-order valence-electron chi connectivity index (χ2n) is 8.82. The molecule has 1 amide bonds. The normalized spacial score (nSPS) is 16.8. The van der Waals surface area contributed by atoms with Crippen molar-refractivity contribution in [2.45, 2.75) is 39.3 Å². The average molecular weight is 487 g/mol. The summed E-state index contributed by atoms with van der Waals surface area (Å²) < 4.78 is 13.3. The van der Waals surface area contributed by atoms with E-state index in [1.165, 1.54) is 5.56 Å². The number of aromatic nitrogens is 2. The summed E-state index contributed by atoms with van der Waals surface area (Å²) in [5.41, 5.74) is 5.94. The molecule has 0 saturated carbocycles. The summed E-state index contributed by atoms with van der Waals surface area (Å²) in [6.07, 6.45) is 2.22. The summed E-state index contributed by atoms with van der Waals surface area (Å²) in [6.45, 7) is 9.42. The molecule has 0 bridgehead atoms. The Morgan fingerprint density at radius 2 is 2.03 bits per heavy atom. The number of hydrogen-bond acceptors (Lipinski definition) is 5. The molecule has 1 saturated heterocycles. The summed E-state index contributed by atoms with van der Waals surface area (Å²) in [5.74, 6) is 0.0458. The number of amides is 1. The van der Waals surface area contributed by atoms with Crippen LogP contribution in [-0.2, 0) is 20.7 Å². The average Bonchev–Trinajstić information content (AvgIpc) is 3.17. The number of carbonyl (C=O) groups is 1. The van der Waals surface area contributed by atoms with Gasteiger partial charge in [-0.1, -0.05) is 29.8 Å². The molecular formula is C26H35ClN4O3. The quantitative estimate of drug-likeness (QED) is 0.528. The standard InChI is InChI=1S/C26H34N4O3.ClH/c1-18-5-7-21(8-6-18)26-22(30-11-9-19(2)15-24(30)28-26)16-25(31)29(12-14-32-4)20(3)23-17-27-10-13-33-23;/h5-9,11,15,20,23,27H,10,12-14,16-17H2,1-4H3;1H. The molecule has 0 spiro atoms. The van der Waals surface area contributed by atoms with E-state index in [-0.39, 0.29) is 36.9 Å². The van der Waals surface area contributed by atoms with Crippen molar-refractivity contribution in [3.8, 4) is 11.3 Å². The number of imidazole rings is 1. The number of ether oxygens (including phenoxy) is 2. The van der Waals surface area contributed by atoms with Gasteiger partial charge in [0, 0.05) is 38.5 Å². The number of nitrogens with zero attached hydrogens (tertiary/aromatic N) is 3. The third-order valence-electron chi connectivity index (χ3n) is 6.37.